The number of carbonyl (C=O) groups excluding carboxylic acids is 1. The highest BCUT2D eigenvalue weighted by molar-refractivity contribution is 7.86. The molecular weight excluding hydrogens is 460 g/mol. The van der Waals surface area contributed by atoms with Crippen LogP contribution in [-0.4, -0.2) is 48.7 Å². The third-order valence-corrected chi connectivity index (χ3v) is 7.85. The van der Waals surface area contributed by atoms with Gasteiger partial charge in [0.15, 0.2) is 0 Å². The summed E-state index contributed by atoms with van der Waals surface area (Å²) >= 11 is 0. The van der Waals surface area contributed by atoms with Crippen molar-refractivity contribution in [3.05, 3.63) is 24.4 Å². The van der Waals surface area contributed by atoms with E-state index in [0.717, 1.165) is 76.6 Å². The first-order valence-electron chi connectivity index (χ1n) is 14.1. The van der Waals surface area contributed by atoms with E-state index in [1.165, 1.54) is 25.7 Å². The van der Waals surface area contributed by atoms with E-state index < -0.39 is 15.4 Å². The Morgan fingerprint density at radius 1 is 0.914 bits per heavy atom. The number of amides is 1. The topological polar surface area (TPSA) is 86.7 Å². The first kappa shape index (κ1) is 33.7. The highest BCUT2D eigenvalue weighted by Gasteiger charge is 2.19. The summed E-state index contributed by atoms with van der Waals surface area (Å²) in [6, 6.07) is 0. The number of carbonyl (C=O) groups is 1. The van der Waals surface area contributed by atoms with Gasteiger partial charge in [0.1, 0.15) is 0 Å². The Labute approximate surface area is 216 Å². The molecule has 2 N–H and O–H groups in total. The first-order chi connectivity index (χ1) is 16.8. The van der Waals surface area contributed by atoms with E-state index in [0.29, 0.717) is 25.8 Å². The molecule has 0 aliphatic rings. The van der Waals surface area contributed by atoms with Crippen LogP contribution >= 0.6 is 0 Å². The van der Waals surface area contributed by atoms with Gasteiger partial charge in [0.2, 0.25) is 5.91 Å². The second-order valence-corrected chi connectivity index (χ2v) is 11.3. The minimum Gasteiger partial charge on any atom is -0.374 e. The Bertz CT molecular complexity index is 676. The molecule has 0 fully saturated rings. The van der Waals surface area contributed by atoms with Crippen molar-refractivity contribution in [2.24, 2.45) is 0 Å². The van der Waals surface area contributed by atoms with Crippen molar-refractivity contribution < 1.29 is 17.8 Å². The normalized spacial score (nSPS) is 12.7. The van der Waals surface area contributed by atoms with Gasteiger partial charge in [0.05, 0.1) is 5.25 Å². The van der Waals surface area contributed by atoms with Crippen LogP contribution in [-0.2, 0) is 14.9 Å². The maximum absolute atomic E-state index is 12.1. The van der Waals surface area contributed by atoms with Crippen molar-refractivity contribution in [3.63, 3.8) is 0 Å². The van der Waals surface area contributed by atoms with Gasteiger partial charge in [0.25, 0.3) is 10.1 Å². The van der Waals surface area contributed by atoms with Crippen LogP contribution < -0.4 is 5.32 Å². The van der Waals surface area contributed by atoms with Gasteiger partial charge in [-0.25, -0.2) is 0 Å². The van der Waals surface area contributed by atoms with E-state index in [4.69, 9.17) is 0 Å². The summed E-state index contributed by atoms with van der Waals surface area (Å²) in [4.78, 5) is 14.4. The molecule has 0 saturated carbocycles. The molecule has 6 nitrogen and oxygen atoms in total. The lowest BCUT2D eigenvalue weighted by Gasteiger charge is -2.26. The minimum absolute atomic E-state index is 0.146. The predicted molar refractivity (Wildman–Crippen MR) is 149 cm³/mol. The van der Waals surface area contributed by atoms with Crippen molar-refractivity contribution in [2.75, 3.05) is 19.6 Å². The van der Waals surface area contributed by atoms with E-state index in [1.54, 1.807) is 6.92 Å². The van der Waals surface area contributed by atoms with Gasteiger partial charge in [-0.1, -0.05) is 78.0 Å². The van der Waals surface area contributed by atoms with Crippen LogP contribution in [0.3, 0.4) is 0 Å². The molecule has 35 heavy (non-hydrogen) atoms. The van der Waals surface area contributed by atoms with E-state index in [1.807, 2.05) is 0 Å². The monoisotopic (exact) mass is 514 g/mol. The average molecular weight is 515 g/mol. The Morgan fingerprint density at radius 3 is 2.17 bits per heavy atom. The number of nitrogens with one attached hydrogen (secondary N) is 1. The predicted octanol–water partition coefficient (Wildman–Crippen LogP) is 7.03. The molecule has 206 valence electrons. The highest BCUT2D eigenvalue weighted by atomic mass is 32.2. The zero-order chi connectivity index (χ0) is 26.4. The zero-order valence-corrected chi connectivity index (χ0v) is 23.7. The smallest absolute Gasteiger partial charge is 0.267 e. The van der Waals surface area contributed by atoms with Gasteiger partial charge in [-0.15, -0.1) is 0 Å². The summed E-state index contributed by atoms with van der Waals surface area (Å²) in [6.07, 6.45) is 19.9. The van der Waals surface area contributed by atoms with Gasteiger partial charge in [-0.3, -0.25) is 9.35 Å². The molecule has 0 radical (unpaired) electrons. The molecule has 0 saturated heterocycles. The summed E-state index contributed by atoms with van der Waals surface area (Å²) in [5.74, 6) is 0.146. The van der Waals surface area contributed by atoms with Crippen molar-refractivity contribution in [2.45, 2.75) is 129 Å². The van der Waals surface area contributed by atoms with E-state index in [9.17, 15) is 17.8 Å². The second kappa shape index (κ2) is 21.9. The Hall–Kier alpha value is -1.34. The highest BCUT2D eigenvalue weighted by Crippen LogP contribution is 2.17. The molecule has 1 amide bonds. The van der Waals surface area contributed by atoms with Crippen molar-refractivity contribution in [1.82, 2.24) is 10.2 Å². The molecule has 0 rings (SSSR count). The van der Waals surface area contributed by atoms with Crippen molar-refractivity contribution >= 4 is 16.0 Å². The third-order valence-electron chi connectivity index (χ3n) is 6.44. The Balaban J connectivity index is 3.95. The standard InChI is InChI=1S/C28H54N2O4S/c1-5-8-9-10-11-12-13-14-19-22-28(31)29-23-25-30(24-6-2)26(4)20-17-15-16-18-21-27(7-3)35(32,33)34/h8-9,27H,4-7,10-25H2,1-3H3,(H,29,31)(H,32,33,34)/b9-8+. The molecule has 0 aliphatic carbocycles. The van der Waals surface area contributed by atoms with Crippen LogP contribution in [0.4, 0.5) is 0 Å². The summed E-state index contributed by atoms with van der Waals surface area (Å²) in [5, 5.41) is 2.43. The lowest BCUT2D eigenvalue weighted by atomic mass is 10.1. The first-order valence-corrected chi connectivity index (χ1v) is 15.6. The Kier molecular flexibility index (Phi) is 21.1. The van der Waals surface area contributed by atoms with E-state index >= 15 is 0 Å². The summed E-state index contributed by atoms with van der Waals surface area (Å²) in [5.41, 5.74) is 1.11. The average Bonchev–Trinajstić information content (AvgIpc) is 2.81. The summed E-state index contributed by atoms with van der Waals surface area (Å²) < 4.78 is 31.7. The SMILES string of the molecule is C=C(CCCCCCC(CC)S(=O)(=O)O)N(CCC)CCNC(=O)CCCCCCC/C=C/CC. The van der Waals surface area contributed by atoms with Crippen LogP contribution in [0.1, 0.15) is 124 Å². The molecule has 0 aromatic heterocycles. The molecule has 1 atom stereocenters. The number of hydrogen-bond donors (Lipinski definition) is 2. The lowest BCUT2D eigenvalue weighted by molar-refractivity contribution is -0.121. The largest absolute Gasteiger partial charge is 0.374 e. The number of allylic oxidation sites excluding steroid dienone is 3. The number of unbranched alkanes of at least 4 members (excludes halogenated alkanes) is 8. The fourth-order valence-electron chi connectivity index (χ4n) is 4.26. The third kappa shape index (κ3) is 19.5. The maximum Gasteiger partial charge on any atom is 0.267 e. The molecule has 0 aliphatic heterocycles. The number of hydrogen-bond acceptors (Lipinski definition) is 4. The molecule has 7 heteroatoms. The van der Waals surface area contributed by atoms with Crippen LogP contribution in [0, 0.1) is 0 Å². The van der Waals surface area contributed by atoms with Crippen molar-refractivity contribution in [3.8, 4) is 0 Å². The molecule has 0 spiro atoms. The zero-order valence-electron chi connectivity index (χ0n) is 22.9. The van der Waals surface area contributed by atoms with Crippen LogP contribution in [0.5, 0.6) is 0 Å². The second-order valence-electron chi connectivity index (χ2n) is 9.59. The molecule has 0 bridgehead atoms. The minimum atomic E-state index is -3.92. The molecule has 0 aromatic carbocycles. The van der Waals surface area contributed by atoms with Crippen LogP contribution in [0.15, 0.2) is 24.4 Å². The summed E-state index contributed by atoms with van der Waals surface area (Å²) in [7, 11) is -3.92. The van der Waals surface area contributed by atoms with Gasteiger partial charge in [-0.2, -0.15) is 8.42 Å². The lowest BCUT2D eigenvalue weighted by Crippen LogP contribution is -2.34. The van der Waals surface area contributed by atoms with Gasteiger partial charge >= 0.3 is 0 Å². The summed E-state index contributed by atoms with van der Waals surface area (Å²) in [6.45, 7) is 12.7. The Morgan fingerprint density at radius 2 is 1.54 bits per heavy atom. The van der Waals surface area contributed by atoms with Gasteiger partial charge in [-0.05, 0) is 57.8 Å². The maximum atomic E-state index is 12.1. The number of nitrogens with zero attached hydrogens (tertiary/aromatic N) is 1. The van der Waals surface area contributed by atoms with E-state index in [-0.39, 0.29) is 5.91 Å². The molecule has 0 heterocycles. The molecule has 0 aromatic rings. The van der Waals surface area contributed by atoms with E-state index in [2.05, 4.69) is 42.8 Å². The molecule has 1 unspecified atom stereocenters. The quantitative estimate of drug-likeness (QED) is 0.0820. The number of rotatable bonds is 24. The van der Waals surface area contributed by atoms with Crippen LogP contribution in [0.25, 0.3) is 0 Å². The fourth-order valence-corrected chi connectivity index (χ4v) is 5.14. The molecular formula is C28H54N2O4S. The van der Waals surface area contributed by atoms with Crippen molar-refractivity contribution in [1.29, 1.82) is 0 Å². The van der Waals surface area contributed by atoms with Crippen LogP contribution in [0.2, 0.25) is 0 Å². The fraction of sp³-hybridized carbons (Fsp3) is 0.821. The van der Waals surface area contributed by atoms with Gasteiger partial charge in [0, 0.05) is 31.8 Å². The van der Waals surface area contributed by atoms with Gasteiger partial charge < -0.3 is 10.2 Å².